The molecule has 1 aliphatic heterocycles. The lowest BCUT2D eigenvalue weighted by molar-refractivity contribution is 0.122. The zero-order chi connectivity index (χ0) is 21.6. The maximum absolute atomic E-state index is 5.75. The number of ether oxygens (including phenoxy) is 2. The van der Waals surface area contributed by atoms with E-state index >= 15 is 0 Å². The molecule has 3 aromatic rings. The normalized spacial score (nSPS) is 14.1. The van der Waals surface area contributed by atoms with Gasteiger partial charge in [0.1, 0.15) is 12.4 Å². The number of morpholine rings is 1. The van der Waals surface area contributed by atoms with Crippen LogP contribution in [-0.4, -0.2) is 78.4 Å². The van der Waals surface area contributed by atoms with Crippen LogP contribution in [-0.2, 0) is 4.74 Å². The number of likely N-dealkylation sites (N-methyl/N-ethyl adjacent to an activating group) is 1. The van der Waals surface area contributed by atoms with Gasteiger partial charge in [-0.1, -0.05) is 0 Å². The van der Waals surface area contributed by atoms with Crippen molar-refractivity contribution in [1.29, 1.82) is 0 Å². The van der Waals surface area contributed by atoms with Gasteiger partial charge in [0.2, 0.25) is 11.8 Å². The predicted octanol–water partition coefficient (Wildman–Crippen LogP) is 1.96. The van der Waals surface area contributed by atoms with Crippen molar-refractivity contribution >= 4 is 11.8 Å². The summed E-state index contributed by atoms with van der Waals surface area (Å²) in [5.41, 5.74) is 9.09. The van der Waals surface area contributed by atoms with E-state index in [1.165, 1.54) is 0 Å². The largest absolute Gasteiger partial charge is 0.476 e. The molecule has 31 heavy (non-hydrogen) atoms. The zero-order valence-electron chi connectivity index (χ0n) is 17.9. The van der Waals surface area contributed by atoms with Crippen molar-refractivity contribution in [3.05, 3.63) is 42.7 Å². The molecule has 4 rings (SSSR count). The highest BCUT2D eigenvalue weighted by Gasteiger charge is 2.17. The van der Waals surface area contributed by atoms with Gasteiger partial charge in [-0.2, -0.15) is 0 Å². The van der Waals surface area contributed by atoms with Gasteiger partial charge in [0.25, 0.3) is 0 Å². The maximum Gasteiger partial charge on any atom is 0.226 e. The Morgan fingerprint density at radius 3 is 2.26 bits per heavy atom. The summed E-state index contributed by atoms with van der Waals surface area (Å²) in [6.07, 6.45) is 3.51. The third kappa shape index (κ3) is 5.44. The molecule has 4 heterocycles. The Balaban J connectivity index is 1.64. The molecule has 1 fully saturated rings. The second-order valence-electron chi connectivity index (χ2n) is 7.55. The quantitative estimate of drug-likeness (QED) is 0.613. The summed E-state index contributed by atoms with van der Waals surface area (Å²) in [5, 5.41) is 0. The van der Waals surface area contributed by atoms with Crippen molar-refractivity contribution in [2.24, 2.45) is 0 Å². The van der Waals surface area contributed by atoms with Gasteiger partial charge in [0.15, 0.2) is 0 Å². The first-order chi connectivity index (χ1) is 15.1. The molecule has 9 heteroatoms. The lowest BCUT2D eigenvalue weighted by atomic mass is 10.1. The number of aromatic nitrogens is 4. The van der Waals surface area contributed by atoms with Gasteiger partial charge >= 0.3 is 0 Å². The topological polar surface area (TPSA) is 103 Å². The molecule has 3 aromatic heterocycles. The average Bonchev–Trinajstić information content (AvgIpc) is 2.80. The Morgan fingerprint density at radius 1 is 1.00 bits per heavy atom. The number of nitrogen functional groups attached to an aromatic ring is 1. The molecule has 0 aliphatic carbocycles. The second kappa shape index (κ2) is 9.67. The molecule has 0 amide bonds. The fourth-order valence-corrected chi connectivity index (χ4v) is 3.14. The van der Waals surface area contributed by atoms with E-state index in [-0.39, 0.29) is 0 Å². The number of anilines is 2. The molecule has 1 aliphatic rings. The Morgan fingerprint density at radius 2 is 1.68 bits per heavy atom. The van der Waals surface area contributed by atoms with Crippen LogP contribution in [0.2, 0.25) is 0 Å². The Hall–Kier alpha value is -3.30. The molecule has 1 saturated heterocycles. The van der Waals surface area contributed by atoms with E-state index in [4.69, 9.17) is 25.2 Å². The average molecular weight is 422 g/mol. The van der Waals surface area contributed by atoms with E-state index in [0.717, 1.165) is 42.1 Å². The highest BCUT2D eigenvalue weighted by Crippen LogP contribution is 2.27. The SMILES string of the molecule is CN(C)CCOc1ccc(-c2cc(-c3ccc(N)nc3)nc(N3CCOCC3)n2)cn1. The highest BCUT2D eigenvalue weighted by molar-refractivity contribution is 5.69. The van der Waals surface area contributed by atoms with Crippen molar-refractivity contribution < 1.29 is 9.47 Å². The van der Waals surface area contributed by atoms with Crippen LogP contribution in [0.5, 0.6) is 5.88 Å². The summed E-state index contributed by atoms with van der Waals surface area (Å²) < 4.78 is 11.2. The number of pyridine rings is 2. The van der Waals surface area contributed by atoms with Gasteiger partial charge in [-0.25, -0.2) is 19.9 Å². The minimum Gasteiger partial charge on any atom is -0.476 e. The molecule has 0 saturated carbocycles. The van der Waals surface area contributed by atoms with Crippen LogP contribution in [0.3, 0.4) is 0 Å². The first-order valence-corrected chi connectivity index (χ1v) is 10.3. The minimum atomic E-state index is 0.473. The van der Waals surface area contributed by atoms with Crippen LogP contribution < -0.4 is 15.4 Å². The van der Waals surface area contributed by atoms with E-state index in [1.54, 1.807) is 18.5 Å². The number of hydrogen-bond acceptors (Lipinski definition) is 9. The predicted molar refractivity (Wildman–Crippen MR) is 120 cm³/mol. The standard InChI is InChI=1S/C22H27N7O2/c1-28(2)7-12-31-21-6-4-17(15-25-21)19-13-18(16-3-5-20(23)24-14-16)26-22(27-19)29-8-10-30-11-9-29/h3-6,13-15H,7-12H2,1-2H3,(H2,23,24). The van der Waals surface area contributed by atoms with E-state index in [1.807, 2.05) is 38.4 Å². The summed E-state index contributed by atoms with van der Waals surface area (Å²) in [7, 11) is 4.02. The fraction of sp³-hybridized carbons (Fsp3) is 0.364. The van der Waals surface area contributed by atoms with Crippen LogP contribution in [0.4, 0.5) is 11.8 Å². The molecule has 0 unspecified atom stereocenters. The van der Waals surface area contributed by atoms with Gasteiger partial charge in [-0.15, -0.1) is 0 Å². The Labute approximate surface area is 181 Å². The number of rotatable bonds is 7. The van der Waals surface area contributed by atoms with Crippen LogP contribution in [0.15, 0.2) is 42.7 Å². The molecular weight excluding hydrogens is 394 g/mol. The van der Waals surface area contributed by atoms with E-state index in [2.05, 4.69) is 19.8 Å². The van der Waals surface area contributed by atoms with Gasteiger partial charge in [-0.05, 0) is 38.4 Å². The zero-order valence-corrected chi connectivity index (χ0v) is 17.9. The first kappa shape index (κ1) is 21.0. The number of nitrogens with two attached hydrogens (primary N) is 1. The molecule has 0 bridgehead atoms. The van der Waals surface area contributed by atoms with E-state index in [0.29, 0.717) is 37.5 Å². The van der Waals surface area contributed by atoms with Crippen LogP contribution >= 0.6 is 0 Å². The molecule has 0 atom stereocenters. The summed E-state index contributed by atoms with van der Waals surface area (Å²) >= 11 is 0. The highest BCUT2D eigenvalue weighted by atomic mass is 16.5. The molecule has 0 aromatic carbocycles. The summed E-state index contributed by atoms with van der Waals surface area (Å²) in [6, 6.07) is 9.46. The van der Waals surface area contributed by atoms with Crippen LogP contribution in [0.1, 0.15) is 0 Å². The van der Waals surface area contributed by atoms with Gasteiger partial charge in [-0.3, -0.25) is 0 Å². The van der Waals surface area contributed by atoms with Crippen LogP contribution in [0.25, 0.3) is 22.5 Å². The van der Waals surface area contributed by atoms with E-state index in [9.17, 15) is 0 Å². The molecule has 0 spiro atoms. The summed E-state index contributed by atoms with van der Waals surface area (Å²) in [5.74, 6) is 1.73. The molecule has 9 nitrogen and oxygen atoms in total. The van der Waals surface area contributed by atoms with Crippen molar-refractivity contribution in [2.45, 2.75) is 0 Å². The third-order valence-corrected chi connectivity index (χ3v) is 4.91. The van der Waals surface area contributed by atoms with Gasteiger partial charge in [0, 0.05) is 49.2 Å². The van der Waals surface area contributed by atoms with Crippen molar-refractivity contribution in [3.63, 3.8) is 0 Å². The molecule has 0 radical (unpaired) electrons. The van der Waals surface area contributed by atoms with E-state index < -0.39 is 0 Å². The first-order valence-electron chi connectivity index (χ1n) is 10.3. The summed E-state index contributed by atoms with van der Waals surface area (Å²) in [6.45, 7) is 4.24. The van der Waals surface area contributed by atoms with Crippen LogP contribution in [0, 0.1) is 0 Å². The second-order valence-corrected chi connectivity index (χ2v) is 7.55. The smallest absolute Gasteiger partial charge is 0.226 e. The van der Waals surface area contributed by atoms with Crippen molar-refractivity contribution in [2.75, 3.05) is 64.2 Å². The lowest BCUT2D eigenvalue weighted by Gasteiger charge is -2.27. The minimum absolute atomic E-state index is 0.473. The molecule has 162 valence electrons. The maximum atomic E-state index is 5.75. The van der Waals surface area contributed by atoms with Gasteiger partial charge in [0.05, 0.1) is 24.6 Å². The van der Waals surface area contributed by atoms with Gasteiger partial charge < -0.3 is 25.0 Å². The number of hydrogen-bond donors (Lipinski definition) is 1. The summed E-state index contributed by atoms with van der Waals surface area (Å²) in [4.78, 5) is 22.4. The fourth-order valence-electron chi connectivity index (χ4n) is 3.14. The Kier molecular flexibility index (Phi) is 6.54. The lowest BCUT2D eigenvalue weighted by Crippen LogP contribution is -2.37. The van der Waals surface area contributed by atoms with Crippen molar-refractivity contribution in [3.8, 4) is 28.4 Å². The monoisotopic (exact) mass is 421 g/mol. The Bertz CT molecular complexity index is 988. The van der Waals surface area contributed by atoms with Crippen molar-refractivity contribution in [1.82, 2.24) is 24.8 Å². The molecular formula is C22H27N7O2. The molecule has 2 N–H and O–H groups in total. The third-order valence-electron chi connectivity index (χ3n) is 4.91. The number of nitrogens with zero attached hydrogens (tertiary/aromatic N) is 6.